The van der Waals surface area contributed by atoms with E-state index in [1.54, 1.807) is 18.2 Å². The molecule has 0 aliphatic heterocycles. The average molecular weight is 395 g/mol. The van der Waals surface area contributed by atoms with Crippen molar-refractivity contribution in [2.24, 2.45) is 0 Å². The van der Waals surface area contributed by atoms with Gasteiger partial charge in [0.05, 0.1) is 28.1 Å². The van der Waals surface area contributed by atoms with Crippen LogP contribution in [0.15, 0.2) is 48.5 Å². The van der Waals surface area contributed by atoms with E-state index in [-0.39, 0.29) is 11.3 Å². The Morgan fingerprint density at radius 3 is 2.24 bits per heavy atom. The minimum absolute atomic E-state index is 0.0163. The zero-order valence-corrected chi connectivity index (χ0v) is 15.6. The van der Waals surface area contributed by atoms with Gasteiger partial charge in [-0.1, -0.05) is 31.4 Å². The number of hydrogen-bond acceptors (Lipinski definition) is 4. The highest BCUT2D eigenvalue weighted by atomic mass is 19.1. The van der Waals surface area contributed by atoms with Gasteiger partial charge in [-0.05, 0) is 49.2 Å². The summed E-state index contributed by atoms with van der Waals surface area (Å²) in [5, 5.41) is 9.35. The monoisotopic (exact) mass is 395 g/mol. The van der Waals surface area contributed by atoms with Crippen LogP contribution in [0.3, 0.4) is 0 Å². The first-order valence-corrected chi connectivity index (χ1v) is 9.50. The summed E-state index contributed by atoms with van der Waals surface area (Å²) in [7, 11) is 0. The van der Waals surface area contributed by atoms with Gasteiger partial charge in [0, 0.05) is 0 Å². The zero-order chi connectivity index (χ0) is 20.4. The smallest absolute Gasteiger partial charge is 0.354 e. The molecule has 3 heterocycles. The van der Waals surface area contributed by atoms with Crippen molar-refractivity contribution in [3.8, 4) is 11.3 Å². The summed E-state index contributed by atoms with van der Waals surface area (Å²) in [6.07, 6.45) is 4.53. The van der Waals surface area contributed by atoms with Crippen LogP contribution in [0.5, 0.6) is 0 Å². The first-order valence-electron chi connectivity index (χ1n) is 9.50. The first-order chi connectivity index (χ1) is 14.0. The Labute approximate surface area is 166 Å². The van der Waals surface area contributed by atoms with Crippen molar-refractivity contribution in [1.82, 2.24) is 15.0 Å². The highest BCUT2D eigenvalue weighted by Gasteiger charge is 2.39. The number of aromatic carboxylic acids is 1. The molecule has 0 amide bonds. The number of carboxylic acids is 1. The van der Waals surface area contributed by atoms with Gasteiger partial charge < -0.3 is 5.11 Å². The number of hydrogen-bond donors (Lipinski definition) is 1. The third kappa shape index (κ3) is 3.60. The maximum atomic E-state index is 14.2. The lowest BCUT2D eigenvalue weighted by atomic mass is 9.69. The molecule has 5 nitrogen and oxygen atoms in total. The van der Waals surface area contributed by atoms with Gasteiger partial charge in [-0.25, -0.2) is 9.78 Å². The fourth-order valence-corrected chi connectivity index (χ4v) is 4.07. The summed E-state index contributed by atoms with van der Waals surface area (Å²) in [5.74, 6) is -2.89. The predicted molar refractivity (Wildman–Crippen MR) is 102 cm³/mol. The van der Waals surface area contributed by atoms with Crippen molar-refractivity contribution >= 4 is 5.97 Å². The summed E-state index contributed by atoms with van der Waals surface area (Å²) in [6, 6.07) is 12.7. The topological polar surface area (TPSA) is 76.0 Å². The van der Waals surface area contributed by atoms with Crippen molar-refractivity contribution in [1.29, 1.82) is 0 Å². The lowest BCUT2D eigenvalue weighted by Crippen LogP contribution is -2.33. The Kier molecular flexibility index (Phi) is 5.05. The molecule has 0 saturated heterocycles. The van der Waals surface area contributed by atoms with E-state index < -0.39 is 23.3 Å². The van der Waals surface area contributed by atoms with Gasteiger partial charge >= 0.3 is 5.97 Å². The van der Waals surface area contributed by atoms with Gasteiger partial charge in [-0.2, -0.15) is 13.8 Å². The van der Waals surface area contributed by atoms with E-state index in [0.29, 0.717) is 17.1 Å². The number of rotatable bonds is 4. The molecule has 29 heavy (non-hydrogen) atoms. The minimum Gasteiger partial charge on any atom is -0.477 e. The van der Waals surface area contributed by atoms with Gasteiger partial charge in [-0.3, -0.25) is 4.98 Å². The first kappa shape index (κ1) is 19.1. The Hall–Kier alpha value is -3.22. The molecule has 1 fully saturated rings. The minimum atomic E-state index is -1.08. The molecule has 0 spiro atoms. The second-order valence-corrected chi connectivity index (χ2v) is 7.24. The Morgan fingerprint density at radius 2 is 1.55 bits per heavy atom. The van der Waals surface area contributed by atoms with Crippen molar-refractivity contribution in [2.45, 2.75) is 37.5 Å². The number of pyridine rings is 3. The quantitative estimate of drug-likeness (QED) is 0.644. The molecule has 0 radical (unpaired) electrons. The summed E-state index contributed by atoms with van der Waals surface area (Å²) in [4.78, 5) is 23.8. The van der Waals surface area contributed by atoms with Gasteiger partial charge in [-0.15, -0.1) is 0 Å². The highest BCUT2D eigenvalue weighted by molar-refractivity contribution is 5.85. The molecule has 1 aliphatic rings. The molecule has 0 aromatic carbocycles. The molecule has 0 atom stereocenters. The van der Waals surface area contributed by atoms with Gasteiger partial charge in [0.1, 0.15) is 5.69 Å². The van der Waals surface area contributed by atoms with E-state index in [0.717, 1.165) is 38.2 Å². The molecule has 1 N–H and O–H groups in total. The predicted octanol–water partition coefficient (Wildman–Crippen LogP) is 4.77. The maximum Gasteiger partial charge on any atom is 0.354 e. The normalized spacial score (nSPS) is 15.8. The van der Waals surface area contributed by atoms with E-state index in [9.17, 15) is 18.7 Å². The van der Waals surface area contributed by atoms with Crippen LogP contribution in [-0.2, 0) is 5.41 Å². The van der Waals surface area contributed by atoms with Crippen LogP contribution in [0.2, 0.25) is 0 Å². The number of carbonyl (C=O) groups is 1. The standard InChI is InChI=1S/C22H19F2N3O2/c23-19-11-10-14(20(24)27-19)15-6-4-8-17(25-15)22(12-2-1-3-13-22)18-9-5-7-16(26-18)21(28)29/h4-11H,1-3,12-13H2,(H,28,29). The fraction of sp³-hybridized carbons (Fsp3) is 0.273. The average Bonchev–Trinajstić information content (AvgIpc) is 2.74. The Balaban J connectivity index is 1.85. The summed E-state index contributed by atoms with van der Waals surface area (Å²) in [5.41, 5.74) is 1.26. The van der Waals surface area contributed by atoms with Crippen LogP contribution >= 0.6 is 0 Å². The van der Waals surface area contributed by atoms with Crippen LogP contribution in [0.4, 0.5) is 8.78 Å². The molecule has 7 heteroatoms. The zero-order valence-electron chi connectivity index (χ0n) is 15.6. The van der Waals surface area contributed by atoms with Crippen molar-refractivity contribution < 1.29 is 18.7 Å². The van der Waals surface area contributed by atoms with Crippen LogP contribution in [0.1, 0.15) is 54.0 Å². The number of aromatic nitrogens is 3. The molecule has 0 unspecified atom stereocenters. The van der Waals surface area contributed by atoms with Crippen LogP contribution in [0, 0.1) is 11.9 Å². The lowest BCUT2D eigenvalue weighted by Gasteiger charge is -2.36. The molecule has 1 saturated carbocycles. The van der Waals surface area contributed by atoms with Crippen LogP contribution in [-0.4, -0.2) is 26.0 Å². The van der Waals surface area contributed by atoms with E-state index in [4.69, 9.17) is 4.98 Å². The van der Waals surface area contributed by atoms with E-state index in [1.165, 1.54) is 12.1 Å². The van der Waals surface area contributed by atoms with Crippen LogP contribution < -0.4 is 0 Å². The largest absolute Gasteiger partial charge is 0.477 e. The summed E-state index contributed by atoms with van der Waals surface area (Å²) < 4.78 is 27.4. The molecular weight excluding hydrogens is 376 g/mol. The van der Waals surface area contributed by atoms with Crippen LogP contribution in [0.25, 0.3) is 11.3 Å². The molecule has 3 aromatic heterocycles. The summed E-state index contributed by atoms with van der Waals surface area (Å²) in [6.45, 7) is 0. The van der Waals surface area contributed by atoms with E-state index in [1.807, 2.05) is 12.1 Å². The molecule has 4 rings (SSSR count). The molecule has 3 aromatic rings. The Morgan fingerprint density at radius 1 is 0.862 bits per heavy atom. The number of nitrogens with zero attached hydrogens (tertiary/aromatic N) is 3. The number of carboxylic acid groups (broad SMARTS) is 1. The Bertz CT molecular complexity index is 1070. The van der Waals surface area contributed by atoms with Gasteiger partial charge in [0.15, 0.2) is 0 Å². The third-order valence-electron chi connectivity index (χ3n) is 5.50. The van der Waals surface area contributed by atoms with Gasteiger partial charge in [0.25, 0.3) is 0 Å². The van der Waals surface area contributed by atoms with Crippen molar-refractivity contribution in [3.05, 3.63) is 77.5 Å². The second kappa shape index (κ2) is 7.66. The van der Waals surface area contributed by atoms with Crippen molar-refractivity contribution in [2.75, 3.05) is 0 Å². The van der Waals surface area contributed by atoms with Crippen molar-refractivity contribution in [3.63, 3.8) is 0 Å². The molecule has 148 valence electrons. The SMILES string of the molecule is O=C(O)c1cccc(C2(c3cccc(-c4ccc(F)nc4F)n3)CCCCC2)n1. The number of halogens is 2. The molecule has 0 bridgehead atoms. The third-order valence-corrected chi connectivity index (χ3v) is 5.50. The second-order valence-electron chi connectivity index (χ2n) is 7.24. The lowest BCUT2D eigenvalue weighted by molar-refractivity contribution is 0.0689. The van der Waals surface area contributed by atoms with E-state index >= 15 is 0 Å². The summed E-state index contributed by atoms with van der Waals surface area (Å²) >= 11 is 0. The highest BCUT2D eigenvalue weighted by Crippen LogP contribution is 2.43. The molecular formula is C22H19F2N3O2. The maximum absolute atomic E-state index is 14.2. The molecule has 1 aliphatic carbocycles. The fourth-order valence-electron chi connectivity index (χ4n) is 4.07. The van der Waals surface area contributed by atoms with E-state index in [2.05, 4.69) is 9.97 Å². The van der Waals surface area contributed by atoms with Gasteiger partial charge in [0.2, 0.25) is 11.9 Å².